The SMILES string of the molecule is CN=C(NCCn1cccc1)NCC(C)COCc1ccccc1. The van der Waals surface area contributed by atoms with Gasteiger partial charge in [0, 0.05) is 39.1 Å². The van der Waals surface area contributed by atoms with Crippen molar-refractivity contribution in [2.45, 2.75) is 20.1 Å². The van der Waals surface area contributed by atoms with Crippen LogP contribution < -0.4 is 10.6 Å². The lowest BCUT2D eigenvalue weighted by Crippen LogP contribution is -2.41. The third-order valence-electron chi connectivity index (χ3n) is 3.68. The molecular weight excluding hydrogens is 300 g/mol. The second kappa shape index (κ2) is 10.5. The molecule has 1 unspecified atom stereocenters. The first-order valence-corrected chi connectivity index (χ1v) is 8.45. The lowest BCUT2D eigenvalue weighted by atomic mass is 10.2. The van der Waals surface area contributed by atoms with Crippen molar-refractivity contribution in [2.24, 2.45) is 10.9 Å². The Labute approximate surface area is 144 Å². The molecule has 0 saturated carbocycles. The average molecular weight is 328 g/mol. The molecule has 2 aromatic rings. The van der Waals surface area contributed by atoms with E-state index >= 15 is 0 Å². The standard InChI is InChI=1S/C19H28N4O/c1-17(15-24-16-18-8-4-3-5-9-18)14-22-19(20-2)21-10-13-23-11-6-7-12-23/h3-9,11-12,17H,10,13-16H2,1-2H3,(H2,20,21,22). The molecule has 0 radical (unpaired) electrons. The number of rotatable bonds is 9. The predicted octanol–water partition coefficient (Wildman–Crippen LogP) is 2.51. The topological polar surface area (TPSA) is 50.6 Å². The number of ether oxygens (including phenoxy) is 1. The highest BCUT2D eigenvalue weighted by atomic mass is 16.5. The molecule has 0 saturated heterocycles. The molecule has 0 amide bonds. The molecule has 1 atom stereocenters. The lowest BCUT2D eigenvalue weighted by molar-refractivity contribution is 0.0931. The molecule has 0 fully saturated rings. The molecule has 0 aliphatic carbocycles. The Hall–Kier alpha value is -2.27. The zero-order chi connectivity index (χ0) is 17.0. The van der Waals surface area contributed by atoms with Gasteiger partial charge in [-0.3, -0.25) is 4.99 Å². The van der Waals surface area contributed by atoms with Crippen LogP contribution in [0.3, 0.4) is 0 Å². The highest BCUT2D eigenvalue weighted by Gasteiger charge is 2.04. The molecule has 5 nitrogen and oxygen atoms in total. The van der Waals surface area contributed by atoms with E-state index in [9.17, 15) is 0 Å². The quantitative estimate of drug-likeness (QED) is 0.549. The highest BCUT2D eigenvalue weighted by Crippen LogP contribution is 2.02. The summed E-state index contributed by atoms with van der Waals surface area (Å²) in [6.45, 7) is 6.15. The number of aliphatic imine (C=N–C) groups is 1. The molecule has 1 heterocycles. The van der Waals surface area contributed by atoms with Crippen molar-refractivity contribution in [3.63, 3.8) is 0 Å². The normalized spacial score (nSPS) is 12.8. The van der Waals surface area contributed by atoms with E-state index in [2.05, 4.69) is 51.6 Å². The number of aromatic nitrogens is 1. The molecule has 0 bridgehead atoms. The summed E-state index contributed by atoms with van der Waals surface area (Å²) < 4.78 is 7.91. The number of nitrogens with one attached hydrogen (secondary N) is 2. The van der Waals surface area contributed by atoms with E-state index in [-0.39, 0.29) is 0 Å². The molecule has 1 aromatic carbocycles. The van der Waals surface area contributed by atoms with Crippen molar-refractivity contribution in [3.8, 4) is 0 Å². The summed E-state index contributed by atoms with van der Waals surface area (Å²) in [5.41, 5.74) is 1.21. The van der Waals surface area contributed by atoms with Crippen LogP contribution in [0.1, 0.15) is 12.5 Å². The summed E-state index contributed by atoms with van der Waals surface area (Å²) in [5.74, 6) is 1.24. The molecule has 1 aromatic heterocycles. The van der Waals surface area contributed by atoms with Gasteiger partial charge in [-0.15, -0.1) is 0 Å². The van der Waals surface area contributed by atoms with Gasteiger partial charge < -0.3 is 19.9 Å². The van der Waals surface area contributed by atoms with Crippen LogP contribution in [0.2, 0.25) is 0 Å². The number of guanidine groups is 1. The summed E-state index contributed by atoms with van der Waals surface area (Å²) >= 11 is 0. The van der Waals surface area contributed by atoms with E-state index in [0.29, 0.717) is 12.5 Å². The van der Waals surface area contributed by atoms with Crippen molar-refractivity contribution in [3.05, 3.63) is 60.4 Å². The van der Waals surface area contributed by atoms with E-state index < -0.39 is 0 Å². The molecule has 0 aliphatic rings. The predicted molar refractivity (Wildman–Crippen MR) is 99.1 cm³/mol. The van der Waals surface area contributed by atoms with Crippen LogP contribution in [0.15, 0.2) is 59.9 Å². The van der Waals surface area contributed by atoms with Gasteiger partial charge in [-0.2, -0.15) is 0 Å². The summed E-state index contributed by atoms with van der Waals surface area (Å²) in [7, 11) is 1.79. The lowest BCUT2D eigenvalue weighted by Gasteiger charge is -2.16. The summed E-state index contributed by atoms with van der Waals surface area (Å²) in [6.07, 6.45) is 4.12. The smallest absolute Gasteiger partial charge is 0.191 e. The van der Waals surface area contributed by atoms with Gasteiger partial charge in [0.25, 0.3) is 0 Å². The van der Waals surface area contributed by atoms with E-state index in [1.54, 1.807) is 7.05 Å². The zero-order valence-corrected chi connectivity index (χ0v) is 14.6. The van der Waals surface area contributed by atoms with Gasteiger partial charge in [-0.1, -0.05) is 37.3 Å². The van der Waals surface area contributed by atoms with Gasteiger partial charge in [0.15, 0.2) is 5.96 Å². The minimum absolute atomic E-state index is 0.414. The Bertz CT molecular complexity index is 581. The van der Waals surface area contributed by atoms with Crippen LogP contribution >= 0.6 is 0 Å². The second-order valence-electron chi connectivity index (χ2n) is 5.91. The molecule has 2 N–H and O–H groups in total. The fourth-order valence-corrected chi connectivity index (χ4v) is 2.33. The maximum absolute atomic E-state index is 5.77. The largest absolute Gasteiger partial charge is 0.376 e. The Morgan fingerprint density at radius 2 is 1.88 bits per heavy atom. The molecular formula is C19H28N4O. The van der Waals surface area contributed by atoms with Crippen LogP contribution in [-0.4, -0.2) is 37.3 Å². The minimum atomic E-state index is 0.414. The van der Waals surface area contributed by atoms with Crippen molar-refractivity contribution in [1.29, 1.82) is 0 Å². The maximum atomic E-state index is 5.77. The molecule has 0 spiro atoms. The van der Waals surface area contributed by atoms with Crippen LogP contribution in [0, 0.1) is 5.92 Å². The summed E-state index contributed by atoms with van der Waals surface area (Å²) in [4.78, 5) is 4.25. The molecule has 130 valence electrons. The van der Waals surface area contributed by atoms with Crippen molar-refractivity contribution >= 4 is 5.96 Å². The van der Waals surface area contributed by atoms with Crippen molar-refractivity contribution in [2.75, 3.05) is 26.7 Å². The fraction of sp³-hybridized carbons (Fsp3) is 0.421. The van der Waals surface area contributed by atoms with E-state index in [1.165, 1.54) is 5.56 Å². The molecule has 0 aliphatic heterocycles. The Morgan fingerprint density at radius 1 is 1.12 bits per heavy atom. The first-order valence-electron chi connectivity index (χ1n) is 8.45. The fourth-order valence-electron chi connectivity index (χ4n) is 2.33. The molecule has 2 rings (SSSR count). The maximum Gasteiger partial charge on any atom is 0.191 e. The summed E-state index contributed by atoms with van der Waals surface area (Å²) in [6, 6.07) is 14.3. The monoisotopic (exact) mass is 328 g/mol. The second-order valence-corrected chi connectivity index (χ2v) is 5.91. The number of hydrogen-bond donors (Lipinski definition) is 2. The van der Waals surface area contributed by atoms with Gasteiger partial charge in [0.05, 0.1) is 13.2 Å². The van der Waals surface area contributed by atoms with Crippen LogP contribution in [0.5, 0.6) is 0 Å². The van der Waals surface area contributed by atoms with Crippen LogP contribution in [0.4, 0.5) is 0 Å². The van der Waals surface area contributed by atoms with Crippen molar-refractivity contribution < 1.29 is 4.74 Å². The Balaban J connectivity index is 1.58. The number of benzene rings is 1. The van der Waals surface area contributed by atoms with E-state index in [4.69, 9.17) is 4.74 Å². The number of nitrogens with zero attached hydrogens (tertiary/aromatic N) is 2. The first kappa shape index (κ1) is 18.1. The van der Waals surface area contributed by atoms with Gasteiger partial charge in [0.2, 0.25) is 0 Å². The third-order valence-corrected chi connectivity index (χ3v) is 3.68. The molecule has 24 heavy (non-hydrogen) atoms. The van der Waals surface area contributed by atoms with E-state index in [1.807, 2.05) is 30.3 Å². The third kappa shape index (κ3) is 6.87. The first-order chi connectivity index (χ1) is 11.8. The highest BCUT2D eigenvalue weighted by molar-refractivity contribution is 5.79. The number of hydrogen-bond acceptors (Lipinski definition) is 2. The molecule has 5 heteroatoms. The van der Waals surface area contributed by atoms with Gasteiger partial charge >= 0.3 is 0 Å². The minimum Gasteiger partial charge on any atom is -0.376 e. The zero-order valence-electron chi connectivity index (χ0n) is 14.6. The van der Waals surface area contributed by atoms with Crippen molar-refractivity contribution in [1.82, 2.24) is 15.2 Å². The summed E-state index contributed by atoms with van der Waals surface area (Å²) in [5, 5.41) is 6.67. The van der Waals surface area contributed by atoms with E-state index in [0.717, 1.165) is 32.2 Å². The average Bonchev–Trinajstić information content (AvgIpc) is 3.12. The Morgan fingerprint density at radius 3 is 2.58 bits per heavy atom. The van der Waals surface area contributed by atoms with Crippen LogP contribution in [0.25, 0.3) is 0 Å². The van der Waals surface area contributed by atoms with Gasteiger partial charge in [-0.25, -0.2) is 0 Å². The Kier molecular flexibility index (Phi) is 7.90. The van der Waals surface area contributed by atoms with Gasteiger partial charge in [0.1, 0.15) is 0 Å². The van der Waals surface area contributed by atoms with Crippen LogP contribution in [-0.2, 0) is 17.9 Å². The van der Waals surface area contributed by atoms with Gasteiger partial charge in [-0.05, 0) is 23.6 Å².